The van der Waals surface area contributed by atoms with Gasteiger partial charge >= 0.3 is 0 Å². The van der Waals surface area contributed by atoms with E-state index in [4.69, 9.17) is 0 Å². The quantitative estimate of drug-likeness (QED) is 0.710. The van der Waals surface area contributed by atoms with Crippen LogP contribution in [-0.4, -0.2) is 11.7 Å². The van der Waals surface area contributed by atoms with E-state index in [0.29, 0.717) is 5.75 Å². The van der Waals surface area contributed by atoms with Crippen LogP contribution in [0.3, 0.4) is 0 Å². The molecule has 0 amide bonds. The molecule has 0 aliphatic rings. The van der Waals surface area contributed by atoms with Gasteiger partial charge in [0.05, 0.1) is 12.2 Å². The van der Waals surface area contributed by atoms with Gasteiger partial charge in [-0.05, 0) is 37.1 Å². The lowest BCUT2D eigenvalue weighted by atomic mass is 10.2. The molecule has 0 aliphatic carbocycles. The van der Waals surface area contributed by atoms with Crippen molar-refractivity contribution in [3.05, 3.63) is 23.8 Å². The van der Waals surface area contributed by atoms with Crippen LogP contribution in [0.1, 0.15) is 18.9 Å². The van der Waals surface area contributed by atoms with Crippen molar-refractivity contribution < 1.29 is 5.11 Å². The smallest absolute Gasteiger partial charge is 0.118 e. The van der Waals surface area contributed by atoms with Crippen molar-refractivity contribution in [2.75, 3.05) is 6.54 Å². The number of benzene rings is 1. The molecule has 3 nitrogen and oxygen atoms in total. The van der Waals surface area contributed by atoms with Gasteiger partial charge in [-0.1, -0.05) is 6.92 Å². The maximum absolute atomic E-state index is 9.24. The van der Waals surface area contributed by atoms with Crippen LogP contribution < -0.4 is 0 Å². The number of nitrogens with zero attached hydrogens (tertiary/aromatic N) is 2. The number of hydrogen-bond donors (Lipinski definition) is 1. The van der Waals surface area contributed by atoms with Gasteiger partial charge in [-0.15, -0.1) is 0 Å². The molecule has 0 atom stereocenters. The van der Waals surface area contributed by atoms with Crippen molar-refractivity contribution in [2.45, 2.75) is 20.3 Å². The fraction of sp³-hybridized carbons (Fsp3) is 0.400. The van der Waals surface area contributed by atoms with Crippen LogP contribution in [0.2, 0.25) is 0 Å². The first-order valence-electron chi connectivity index (χ1n) is 4.41. The van der Waals surface area contributed by atoms with Crippen LogP contribution >= 0.6 is 0 Å². The molecule has 13 heavy (non-hydrogen) atoms. The van der Waals surface area contributed by atoms with Crippen LogP contribution in [0.4, 0.5) is 5.69 Å². The molecule has 0 aliphatic heterocycles. The van der Waals surface area contributed by atoms with Crippen LogP contribution in [0.15, 0.2) is 28.4 Å². The fourth-order valence-corrected chi connectivity index (χ4v) is 0.933. The highest BCUT2D eigenvalue weighted by molar-refractivity contribution is 5.45. The second-order valence-corrected chi connectivity index (χ2v) is 2.94. The molecular formula is C10H14N2O. The second-order valence-electron chi connectivity index (χ2n) is 2.94. The van der Waals surface area contributed by atoms with Gasteiger partial charge in [0.2, 0.25) is 0 Å². The summed E-state index contributed by atoms with van der Waals surface area (Å²) in [5.74, 6) is 0.300. The highest BCUT2D eigenvalue weighted by Gasteiger charge is 1.95. The van der Waals surface area contributed by atoms with E-state index in [1.54, 1.807) is 12.1 Å². The standard InChI is InChI=1S/C10H14N2O/c1-3-6-11-12-9-4-5-10(13)8(2)7-9/h4-5,7,13H,3,6H2,1-2H3. The lowest BCUT2D eigenvalue weighted by Gasteiger charge is -1.97. The summed E-state index contributed by atoms with van der Waals surface area (Å²) in [6.07, 6.45) is 1.00. The summed E-state index contributed by atoms with van der Waals surface area (Å²) >= 11 is 0. The van der Waals surface area contributed by atoms with Gasteiger partial charge in [0.25, 0.3) is 0 Å². The third-order valence-electron chi connectivity index (χ3n) is 1.69. The molecular weight excluding hydrogens is 164 g/mol. The zero-order valence-electron chi connectivity index (χ0n) is 7.99. The molecule has 0 saturated heterocycles. The second kappa shape index (κ2) is 4.60. The summed E-state index contributed by atoms with van der Waals surface area (Å²) < 4.78 is 0. The summed E-state index contributed by atoms with van der Waals surface area (Å²) in [5, 5.41) is 17.2. The van der Waals surface area contributed by atoms with Gasteiger partial charge in [0.1, 0.15) is 5.75 Å². The van der Waals surface area contributed by atoms with Crippen molar-refractivity contribution >= 4 is 5.69 Å². The molecule has 0 fully saturated rings. The topological polar surface area (TPSA) is 45.0 Å². The van der Waals surface area contributed by atoms with E-state index < -0.39 is 0 Å². The molecule has 0 unspecified atom stereocenters. The molecule has 0 bridgehead atoms. The SMILES string of the molecule is CCCN=Nc1ccc(O)c(C)c1. The molecule has 0 radical (unpaired) electrons. The van der Waals surface area contributed by atoms with E-state index in [9.17, 15) is 5.11 Å². The van der Waals surface area contributed by atoms with Crippen LogP contribution in [0, 0.1) is 6.92 Å². The number of phenolic OH excluding ortho intramolecular Hbond substituents is 1. The van der Waals surface area contributed by atoms with Gasteiger partial charge in [0.15, 0.2) is 0 Å². The summed E-state index contributed by atoms with van der Waals surface area (Å²) in [5.41, 5.74) is 1.62. The number of phenols is 1. The van der Waals surface area contributed by atoms with Crippen LogP contribution in [0.5, 0.6) is 5.75 Å². The first-order valence-corrected chi connectivity index (χ1v) is 4.41. The number of hydrogen-bond acceptors (Lipinski definition) is 3. The molecule has 0 aromatic heterocycles. The number of aromatic hydroxyl groups is 1. The molecule has 3 heteroatoms. The minimum atomic E-state index is 0.300. The highest BCUT2D eigenvalue weighted by Crippen LogP contribution is 2.22. The van der Waals surface area contributed by atoms with E-state index in [1.807, 2.05) is 13.0 Å². The van der Waals surface area contributed by atoms with Crippen molar-refractivity contribution in [1.82, 2.24) is 0 Å². The predicted octanol–water partition coefficient (Wildman–Crippen LogP) is 3.19. The number of rotatable bonds is 3. The maximum Gasteiger partial charge on any atom is 0.118 e. The van der Waals surface area contributed by atoms with Gasteiger partial charge in [0, 0.05) is 0 Å². The normalized spacial score (nSPS) is 10.9. The molecule has 0 spiro atoms. The first kappa shape index (κ1) is 9.71. The lowest BCUT2D eigenvalue weighted by molar-refractivity contribution is 0.471. The summed E-state index contributed by atoms with van der Waals surface area (Å²) in [6.45, 7) is 4.65. The Morgan fingerprint density at radius 2 is 2.15 bits per heavy atom. The highest BCUT2D eigenvalue weighted by atomic mass is 16.3. The third kappa shape index (κ3) is 2.86. The van der Waals surface area contributed by atoms with E-state index in [-0.39, 0.29) is 0 Å². The lowest BCUT2D eigenvalue weighted by Crippen LogP contribution is -1.74. The Bertz CT molecular complexity index is 308. The Labute approximate surface area is 78.1 Å². The van der Waals surface area contributed by atoms with Crippen molar-refractivity contribution in [3.8, 4) is 5.75 Å². The van der Waals surface area contributed by atoms with Crippen molar-refractivity contribution in [2.24, 2.45) is 10.2 Å². The summed E-state index contributed by atoms with van der Waals surface area (Å²) in [4.78, 5) is 0. The van der Waals surface area contributed by atoms with Gasteiger partial charge in [-0.3, -0.25) is 0 Å². The molecule has 0 saturated carbocycles. The van der Waals surface area contributed by atoms with Crippen LogP contribution in [-0.2, 0) is 0 Å². The molecule has 70 valence electrons. The van der Waals surface area contributed by atoms with Crippen LogP contribution in [0.25, 0.3) is 0 Å². The zero-order valence-corrected chi connectivity index (χ0v) is 7.99. The van der Waals surface area contributed by atoms with Crippen molar-refractivity contribution in [3.63, 3.8) is 0 Å². The molecule has 1 rings (SSSR count). The van der Waals surface area contributed by atoms with E-state index in [1.165, 1.54) is 0 Å². The summed E-state index contributed by atoms with van der Waals surface area (Å²) in [6, 6.07) is 5.20. The Balaban J connectivity index is 2.73. The molecule has 0 heterocycles. The number of azo groups is 1. The predicted molar refractivity (Wildman–Crippen MR) is 52.5 cm³/mol. The minimum Gasteiger partial charge on any atom is -0.508 e. The van der Waals surface area contributed by atoms with Gasteiger partial charge in [-0.2, -0.15) is 10.2 Å². The van der Waals surface area contributed by atoms with Crippen molar-refractivity contribution in [1.29, 1.82) is 0 Å². The maximum atomic E-state index is 9.24. The van der Waals surface area contributed by atoms with E-state index in [0.717, 1.165) is 24.2 Å². The fourth-order valence-electron chi connectivity index (χ4n) is 0.933. The third-order valence-corrected chi connectivity index (χ3v) is 1.69. The Hall–Kier alpha value is -1.38. The van der Waals surface area contributed by atoms with E-state index >= 15 is 0 Å². The van der Waals surface area contributed by atoms with E-state index in [2.05, 4.69) is 17.2 Å². The average Bonchev–Trinajstić information content (AvgIpc) is 2.12. The molecule has 1 aromatic carbocycles. The first-order chi connectivity index (χ1) is 6.24. The average molecular weight is 178 g/mol. The summed E-state index contributed by atoms with van der Waals surface area (Å²) in [7, 11) is 0. The molecule has 1 N–H and O–H groups in total. The van der Waals surface area contributed by atoms with Gasteiger partial charge < -0.3 is 5.11 Å². The monoisotopic (exact) mass is 178 g/mol. The number of aryl methyl sites for hydroxylation is 1. The largest absolute Gasteiger partial charge is 0.508 e. The Kier molecular flexibility index (Phi) is 3.43. The Morgan fingerprint density at radius 1 is 1.38 bits per heavy atom. The zero-order chi connectivity index (χ0) is 9.68. The van der Waals surface area contributed by atoms with Gasteiger partial charge in [-0.25, -0.2) is 0 Å². The molecule has 1 aromatic rings. The minimum absolute atomic E-state index is 0.300. The Morgan fingerprint density at radius 3 is 2.77 bits per heavy atom.